The number of aliphatic hydroxyl groups is 3. The molecule has 0 aliphatic carbocycles. The van der Waals surface area contributed by atoms with Gasteiger partial charge in [0.1, 0.15) is 11.7 Å². The number of hydrogen-bond acceptors (Lipinski definition) is 11. The molecule has 0 saturated carbocycles. The molecule has 0 aromatic heterocycles. The van der Waals surface area contributed by atoms with E-state index in [1.54, 1.807) is 43.2 Å². The lowest BCUT2D eigenvalue weighted by Gasteiger charge is -2.38. The van der Waals surface area contributed by atoms with Crippen LogP contribution in [0.5, 0.6) is 0 Å². The van der Waals surface area contributed by atoms with Crippen LogP contribution in [0.3, 0.4) is 0 Å². The number of aliphatic hydroxyl groups excluding tert-OH is 2. The highest BCUT2D eigenvalue weighted by Crippen LogP contribution is 2.37. The van der Waals surface area contributed by atoms with Crippen molar-refractivity contribution < 1.29 is 43.9 Å². The topological polar surface area (TPSA) is 168 Å². The third-order valence-corrected chi connectivity index (χ3v) is 10.1. The van der Waals surface area contributed by atoms with Gasteiger partial charge in [0.05, 0.1) is 36.4 Å². The number of esters is 1. The molecule has 12 nitrogen and oxygen atoms in total. The number of nitrogens with zero attached hydrogens (tertiary/aromatic N) is 2. The summed E-state index contributed by atoms with van der Waals surface area (Å²) >= 11 is 0. The number of rotatable bonds is 12. The molecule has 10 atom stereocenters. The summed E-state index contributed by atoms with van der Waals surface area (Å²) in [6.45, 7) is 15.1. The van der Waals surface area contributed by atoms with Crippen LogP contribution in [-0.2, 0) is 23.7 Å². The van der Waals surface area contributed by atoms with Crippen molar-refractivity contribution in [2.45, 2.75) is 121 Å². The molecule has 12 heteroatoms. The highest BCUT2D eigenvalue weighted by molar-refractivity contribution is 5.70. The third-order valence-electron chi connectivity index (χ3n) is 10.1. The molecule has 3 rings (SSSR count). The average Bonchev–Trinajstić information content (AvgIpc) is 3.81. The molecule has 0 aromatic carbocycles. The number of hydrogen-bond donors (Lipinski definition) is 4. The van der Waals surface area contributed by atoms with Gasteiger partial charge in [0.15, 0.2) is 6.10 Å². The second kappa shape index (κ2) is 18.1. The molecule has 0 spiro atoms. The fourth-order valence-corrected chi connectivity index (χ4v) is 6.53. The van der Waals surface area contributed by atoms with Crippen molar-refractivity contribution in [2.75, 3.05) is 46.4 Å². The average molecular weight is 680 g/mol. The highest BCUT2D eigenvalue weighted by atomic mass is 16.6. The first-order valence-corrected chi connectivity index (χ1v) is 17.5. The summed E-state index contributed by atoms with van der Waals surface area (Å²) in [7, 11) is 1.55. The first-order chi connectivity index (χ1) is 22.6. The Bertz CT molecular complexity index is 1140. The Balaban J connectivity index is 1.76. The molecule has 3 aliphatic heterocycles. The van der Waals surface area contributed by atoms with Crippen LogP contribution in [0.1, 0.15) is 73.6 Å². The molecule has 5 N–H and O–H groups in total. The molecule has 48 heavy (non-hydrogen) atoms. The van der Waals surface area contributed by atoms with Crippen molar-refractivity contribution in [3.8, 4) is 0 Å². The molecule has 0 bridgehead atoms. The van der Waals surface area contributed by atoms with Gasteiger partial charge in [-0.05, 0) is 51.7 Å². The molecule has 1 amide bonds. The van der Waals surface area contributed by atoms with Crippen LogP contribution in [0.25, 0.3) is 0 Å². The first-order valence-electron chi connectivity index (χ1n) is 17.5. The molecule has 1 unspecified atom stereocenters. The summed E-state index contributed by atoms with van der Waals surface area (Å²) in [6, 6.07) is 0. The minimum Gasteiger partial charge on any atom is -0.457 e. The summed E-state index contributed by atoms with van der Waals surface area (Å²) in [4.78, 5) is 30.2. The summed E-state index contributed by atoms with van der Waals surface area (Å²) in [5.41, 5.74) is 4.32. The number of nitrogens with two attached hydrogens (primary N) is 1. The molecular formula is C36H61N3O9. The maximum absolute atomic E-state index is 13.3. The molecule has 2 saturated heterocycles. The first kappa shape index (κ1) is 40.1. The fourth-order valence-electron chi connectivity index (χ4n) is 6.53. The van der Waals surface area contributed by atoms with E-state index in [2.05, 4.69) is 4.90 Å². The smallest absolute Gasteiger partial charge is 0.410 e. The van der Waals surface area contributed by atoms with Crippen LogP contribution in [0.4, 0.5) is 4.79 Å². The SMILES string of the molecule is CC[C@H](O)[C@@H](C)[C@H]1O[C@@H]1CC(C)(O)/C=C/C=C(\C)[C@H]1OC(=O)C[C@H](O)CC[C@@](C)(OC)[C@@H](OC(=O)N2CCN(CCN)CC2)/C=C/[C@@H]1C. The Morgan fingerprint density at radius 2 is 1.96 bits per heavy atom. The largest absolute Gasteiger partial charge is 0.457 e. The van der Waals surface area contributed by atoms with Gasteiger partial charge in [-0.2, -0.15) is 0 Å². The van der Waals surface area contributed by atoms with Crippen molar-refractivity contribution in [3.63, 3.8) is 0 Å². The van der Waals surface area contributed by atoms with E-state index in [1.165, 1.54) is 0 Å². The standard InChI is InChI=1S/C36H61N3O9/c1-8-28(41)26(4)33-29(46-33)23-35(5,44)14-9-10-24(2)32-25(3)11-12-30(36(6,45-7)15-13-27(40)22-31(42)48-32)47-34(43)39-20-18-38(17-16-37)19-21-39/h9-12,14,25-30,32-33,40-41,44H,8,13,15-23,37H2,1-7H3/b12-11+,14-9+,24-10+/t25-,26+,27+,28-,29+,30-,32+,33+,35?,36+/m0/s1. The Labute approximate surface area is 286 Å². The number of methoxy groups -OCH3 is 1. The second-order valence-corrected chi connectivity index (χ2v) is 14.3. The van der Waals surface area contributed by atoms with E-state index < -0.39 is 47.7 Å². The number of carbonyl (C=O) groups excluding carboxylic acids is 2. The summed E-state index contributed by atoms with van der Waals surface area (Å²) < 4.78 is 23.7. The molecular weight excluding hydrogens is 618 g/mol. The van der Waals surface area contributed by atoms with Crippen molar-refractivity contribution in [1.82, 2.24) is 9.80 Å². The van der Waals surface area contributed by atoms with Gasteiger partial charge in [-0.15, -0.1) is 0 Å². The maximum atomic E-state index is 13.3. The van der Waals surface area contributed by atoms with E-state index in [4.69, 9.17) is 24.7 Å². The number of epoxide rings is 1. The Morgan fingerprint density at radius 3 is 2.58 bits per heavy atom. The van der Waals surface area contributed by atoms with Gasteiger partial charge >= 0.3 is 12.1 Å². The van der Waals surface area contributed by atoms with Gasteiger partial charge in [-0.3, -0.25) is 9.69 Å². The Kier molecular flexibility index (Phi) is 15.1. The summed E-state index contributed by atoms with van der Waals surface area (Å²) in [6.07, 6.45) is 6.85. The van der Waals surface area contributed by atoms with E-state index in [0.29, 0.717) is 38.9 Å². The van der Waals surface area contributed by atoms with E-state index in [1.807, 2.05) is 40.7 Å². The van der Waals surface area contributed by atoms with Gasteiger partial charge in [0.2, 0.25) is 0 Å². The number of carbonyl (C=O) groups is 2. The molecule has 0 aromatic rings. The highest BCUT2D eigenvalue weighted by Gasteiger charge is 2.47. The van der Waals surface area contributed by atoms with Gasteiger partial charge in [0, 0.05) is 64.6 Å². The van der Waals surface area contributed by atoms with Gasteiger partial charge in [0.25, 0.3) is 0 Å². The third kappa shape index (κ3) is 11.6. The predicted octanol–water partition coefficient (Wildman–Crippen LogP) is 2.94. The number of allylic oxidation sites excluding steroid dienone is 2. The van der Waals surface area contributed by atoms with Crippen molar-refractivity contribution in [1.29, 1.82) is 0 Å². The molecule has 3 aliphatic rings. The van der Waals surface area contributed by atoms with Crippen LogP contribution in [-0.4, -0.2) is 131 Å². The van der Waals surface area contributed by atoms with Crippen LogP contribution in [0, 0.1) is 11.8 Å². The zero-order chi connectivity index (χ0) is 35.6. The molecule has 2 fully saturated rings. The quantitative estimate of drug-likeness (QED) is 0.104. The number of amides is 1. The van der Waals surface area contributed by atoms with Crippen molar-refractivity contribution in [2.24, 2.45) is 17.6 Å². The van der Waals surface area contributed by atoms with E-state index in [9.17, 15) is 24.9 Å². The lowest BCUT2D eigenvalue weighted by atomic mass is 9.88. The van der Waals surface area contributed by atoms with Crippen LogP contribution >= 0.6 is 0 Å². The van der Waals surface area contributed by atoms with E-state index >= 15 is 0 Å². The normalized spacial score (nSPS) is 34.4. The number of cyclic esters (lactones) is 1. The lowest BCUT2D eigenvalue weighted by Crippen LogP contribution is -2.52. The van der Waals surface area contributed by atoms with Gasteiger partial charge < -0.3 is 44.9 Å². The monoisotopic (exact) mass is 679 g/mol. The van der Waals surface area contributed by atoms with Crippen molar-refractivity contribution >= 4 is 12.1 Å². The van der Waals surface area contributed by atoms with Crippen LogP contribution in [0.15, 0.2) is 36.0 Å². The summed E-state index contributed by atoms with van der Waals surface area (Å²) in [5, 5.41) is 31.9. The number of ether oxygens (including phenoxy) is 4. The Morgan fingerprint density at radius 1 is 1.27 bits per heavy atom. The molecule has 274 valence electrons. The van der Waals surface area contributed by atoms with Crippen LogP contribution < -0.4 is 5.73 Å². The zero-order valence-electron chi connectivity index (χ0n) is 30.0. The molecule has 0 radical (unpaired) electrons. The lowest BCUT2D eigenvalue weighted by molar-refractivity contribution is -0.151. The minimum absolute atomic E-state index is 0.00664. The zero-order valence-corrected chi connectivity index (χ0v) is 30.0. The maximum Gasteiger partial charge on any atom is 0.410 e. The van der Waals surface area contributed by atoms with Crippen LogP contribution in [0.2, 0.25) is 0 Å². The predicted molar refractivity (Wildman–Crippen MR) is 183 cm³/mol. The number of piperazine rings is 1. The van der Waals surface area contributed by atoms with Gasteiger partial charge in [-0.25, -0.2) is 4.79 Å². The molecule has 3 heterocycles. The van der Waals surface area contributed by atoms with E-state index in [-0.39, 0.29) is 36.9 Å². The van der Waals surface area contributed by atoms with Crippen molar-refractivity contribution in [3.05, 3.63) is 36.0 Å². The fraction of sp³-hybridized carbons (Fsp3) is 0.778. The summed E-state index contributed by atoms with van der Waals surface area (Å²) in [5.74, 6) is -0.856. The van der Waals surface area contributed by atoms with E-state index in [0.717, 1.165) is 25.2 Å². The minimum atomic E-state index is -1.15. The second-order valence-electron chi connectivity index (χ2n) is 14.3. The Hall–Kier alpha value is -2.32. The van der Waals surface area contributed by atoms with Gasteiger partial charge in [-0.1, -0.05) is 45.1 Å².